The summed E-state index contributed by atoms with van der Waals surface area (Å²) in [5.74, 6) is -0.344. The Morgan fingerprint density at radius 3 is 2.22 bits per heavy atom. The maximum atomic E-state index is 13.8. The molecule has 1 aliphatic carbocycles. The Morgan fingerprint density at radius 2 is 1.52 bits per heavy atom. The maximum Gasteiger partial charge on any atom is 0.123 e. The third-order valence-electron chi connectivity index (χ3n) is 4.98. The lowest BCUT2D eigenvalue weighted by molar-refractivity contribution is 0.0154. The molecular weight excluding hydrogens is 291 g/mol. The van der Waals surface area contributed by atoms with Crippen molar-refractivity contribution in [2.45, 2.75) is 26.1 Å². The molecule has 0 bridgehead atoms. The second kappa shape index (κ2) is 4.88. The van der Waals surface area contributed by atoms with Gasteiger partial charge in [-0.25, -0.2) is 4.39 Å². The van der Waals surface area contributed by atoms with Gasteiger partial charge >= 0.3 is 0 Å². The van der Waals surface area contributed by atoms with Gasteiger partial charge in [0.05, 0.1) is 0 Å². The fourth-order valence-corrected chi connectivity index (χ4v) is 3.85. The fourth-order valence-electron chi connectivity index (χ4n) is 3.85. The summed E-state index contributed by atoms with van der Waals surface area (Å²) in [5, 5.41) is 23.3. The Morgan fingerprint density at radius 1 is 0.870 bits per heavy atom. The molecule has 3 heteroatoms. The lowest BCUT2D eigenvalue weighted by Gasteiger charge is -2.32. The highest BCUT2D eigenvalue weighted by Crippen LogP contribution is 2.49. The zero-order chi connectivity index (χ0) is 16.3. The summed E-state index contributed by atoms with van der Waals surface area (Å²) in [6, 6.07) is 12.3. The molecule has 0 saturated heterocycles. The van der Waals surface area contributed by atoms with Crippen LogP contribution < -0.4 is 0 Å². The van der Waals surface area contributed by atoms with Crippen molar-refractivity contribution >= 4 is 10.8 Å². The van der Waals surface area contributed by atoms with Crippen LogP contribution in [0.25, 0.3) is 21.9 Å². The van der Waals surface area contributed by atoms with Crippen LogP contribution in [0.4, 0.5) is 4.39 Å². The van der Waals surface area contributed by atoms with Crippen LogP contribution in [0.15, 0.2) is 42.5 Å². The highest BCUT2D eigenvalue weighted by Gasteiger charge is 2.34. The van der Waals surface area contributed by atoms with Crippen LogP contribution in [0.2, 0.25) is 0 Å². The lowest BCUT2D eigenvalue weighted by atomic mass is 9.76. The van der Waals surface area contributed by atoms with Crippen LogP contribution >= 0.6 is 0 Å². The molecule has 0 aliphatic heterocycles. The van der Waals surface area contributed by atoms with Crippen molar-refractivity contribution in [2.24, 2.45) is 0 Å². The van der Waals surface area contributed by atoms with E-state index in [2.05, 4.69) is 0 Å². The summed E-state index contributed by atoms with van der Waals surface area (Å²) < 4.78 is 13.8. The summed E-state index contributed by atoms with van der Waals surface area (Å²) >= 11 is 0. The van der Waals surface area contributed by atoms with Crippen LogP contribution in [0.1, 0.15) is 34.5 Å². The van der Waals surface area contributed by atoms with E-state index in [-0.39, 0.29) is 5.82 Å². The van der Waals surface area contributed by atoms with Crippen LogP contribution in [0, 0.1) is 19.7 Å². The minimum atomic E-state index is -1.04. The van der Waals surface area contributed by atoms with Crippen molar-refractivity contribution in [3.8, 4) is 11.1 Å². The zero-order valence-electron chi connectivity index (χ0n) is 13.0. The molecule has 1 aliphatic rings. The molecule has 0 spiro atoms. The van der Waals surface area contributed by atoms with Gasteiger partial charge in [0.25, 0.3) is 0 Å². The van der Waals surface area contributed by atoms with E-state index in [9.17, 15) is 14.6 Å². The van der Waals surface area contributed by atoms with E-state index < -0.39 is 12.2 Å². The molecule has 3 aromatic rings. The number of halogens is 1. The Hall–Kier alpha value is -2.23. The van der Waals surface area contributed by atoms with Crippen molar-refractivity contribution in [1.82, 2.24) is 0 Å². The molecule has 0 amide bonds. The van der Waals surface area contributed by atoms with E-state index in [0.717, 1.165) is 27.5 Å². The highest BCUT2D eigenvalue weighted by atomic mass is 19.1. The predicted octanol–water partition coefficient (Wildman–Crippen LogP) is 4.34. The SMILES string of the molecule is Cc1c2c(c(C)c3ccccc13)[C@@H](O)[C@H](O)c1ccc(F)cc1-2. The van der Waals surface area contributed by atoms with Gasteiger partial charge in [-0.15, -0.1) is 0 Å². The Balaban J connectivity index is 2.21. The molecule has 116 valence electrons. The van der Waals surface area contributed by atoms with Gasteiger partial charge in [-0.05, 0) is 70.1 Å². The van der Waals surface area contributed by atoms with Crippen molar-refractivity contribution < 1.29 is 14.6 Å². The second-order valence-corrected chi connectivity index (χ2v) is 6.21. The molecule has 2 N–H and O–H groups in total. The third-order valence-corrected chi connectivity index (χ3v) is 4.98. The highest BCUT2D eigenvalue weighted by molar-refractivity contribution is 5.97. The summed E-state index contributed by atoms with van der Waals surface area (Å²) in [6.07, 6.45) is -2.05. The smallest absolute Gasteiger partial charge is 0.123 e. The minimum Gasteiger partial charge on any atom is -0.385 e. The van der Waals surface area contributed by atoms with E-state index in [1.54, 1.807) is 6.07 Å². The Kier molecular flexibility index (Phi) is 3.05. The first-order valence-corrected chi connectivity index (χ1v) is 7.68. The first-order chi connectivity index (χ1) is 11.0. The molecule has 3 aromatic carbocycles. The standard InChI is InChI=1S/C20H17FO2/c1-10-13-5-3-4-6-14(13)11(2)18-17(10)16-9-12(21)7-8-15(16)19(22)20(18)23/h3-9,19-20,22-23H,1-2H3/t19-,20-/m1/s1. The Labute approximate surface area is 133 Å². The molecule has 23 heavy (non-hydrogen) atoms. The average Bonchev–Trinajstić information content (AvgIpc) is 2.56. The molecule has 0 fully saturated rings. The first kappa shape index (κ1) is 14.4. The average molecular weight is 308 g/mol. The number of fused-ring (bicyclic) bond motifs is 4. The quantitative estimate of drug-likeness (QED) is 0.648. The van der Waals surface area contributed by atoms with Crippen LogP contribution in [0.3, 0.4) is 0 Å². The molecule has 0 heterocycles. The molecule has 0 unspecified atom stereocenters. The topological polar surface area (TPSA) is 40.5 Å². The minimum absolute atomic E-state index is 0.344. The summed E-state index contributed by atoms with van der Waals surface area (Å²) in [7, 11) is 0. The fraction of sp³-hybridized carbons (Fsp3) is 0.200. The van der Waals surface area contributed by atoms with Gasteiger partial charge in [0, 0.05) is 0 Å². The van der Waals surface area contributed by atoms with Crippen LogP contribution in [-0.4, -0.2) is 10.2 Å². The zero-order valence-corrected chi connectivity index (χ0v) is 13.0. The number of hydrogen-bond acceptors (Lipinski definition) is 2. The van der Waals surface area contributed by atoms with Gasteiger partial charge < -0.3 is 10.2 Å². The predicted molar refractivity (Wildman–Crippen MR) is 88.7 cm³/mol. The summed E-state index contributed by atoms with van der Waals surface area (Å²) in [5.41, 5.74) is 4.72. The number of aliphatic hydroxyl groups excluding tert-OH is 2. The Bertz CT molecular complexity index is 946. The van der Waals surface area contributed by atoms with Crippen LogP contribution in [0.5, 0.6) is 0 Å². The second-order valence-electron chi connectivity index (χ2n) is 6.21. The van der Waals surface area contributed by atoms with Crippen molar-refractivity contribution in [3.05, 3.63) is 70.5 Å². The molecule has 0 radical (unpaired) electrons. The number of aliphatic hydroxyl groups is 2. The number of hydrogen-bond donors (Lipinski definition) is 2. The number of benzene rings is 3. The van der Waals surface area contributed by atoms with E-state index >= 15 is 0 Å². The van der Waals surface area contributed by atoms with Gasteiger partial charge in [-0.3, -0.25) is 0 Å². The largest absolute Gasteiger partial charge is 0.385 e. The van der Waals surface area contributed by atoms with Crippen molar-refractivity contribution in [3.63, 3.8) is 0 Å². The van der Waals surface area contributed by atoms with Gasteiger partial charge in [-0.1, -0.05) is 30.3 Å². The van der Waals surface area contributed by atoms with E-state index in [0.29, 0.717) is 16.7 Å². The molecule has 2 nitrogen and oxygen atoms in total. The third kappa shape index (κ3) is 1.87. The number of rotatable bonds is 0. The van der Waals surface area contributed by atoms with Gasteiger partial charge in [0.1, 0.15) is 18.0 Å². The van der Waals surface area contributed by atoms with E-state index in [1.165, 1.54) is 12.1 Å². The van der Waals surface area contributed by atoms with Gasteiger partial charge in [0.15, 0.2) is 0 Å². The van der Waals surface area contributed by atoms with Gasteiger partial charge in [-0.2, -0.15) is 0 Å². The van der Waals surface area contributed by atoms with Crippen LogP contribution in [-0.2, 0) is 0 Å². The molecule has 4 rings (SSSR count). The number of aryl methyl sites for hydroxylation is 2. The van der Waals surface area contributed by atoms with Crippen molar-refractivity contribution in [1.29, 1.82) is 0 Å². The molecular formula is C20H17FO2. The van der Waals surface area contributed by atoms with E-state index in [4.69, 9.17) is 0 Å². The summed E-state index contributed by atoms with van der Waals surface area (Å²) in [6.45, 7) is 3.93. The van der Waals surface area contributed by atoms with Gasteiger partial charge in [0.2, 0.25) is 0 Å². The normalized spacial score (nSPS) is 19.5. The molecule has 2 atom stereocenters. The maximum absolute atomic E-state index is 13.8. The monoisotopic (exact) mass is 308 g/mol. The first-order valence-electron chi connectivity index (χ1n) is 7.68. The summed E-state index contributed by atoms with van der Waals surface area (Å²) in [4.78, 5) is 0. The molecule has 0 saturated carbocycles. The lowest BCUT2D eigenvalue weighted by Crippen LogP contribution is -2.19. The molecule has 0 aromatic heterocycles. The van der Waals surface area contributed by atoms with E-state index in [1.807, 2.05) is 38.1 Å². The van der Waals surface area contributed by atoms with Crippen molar-refractivity contribution in [2.75, 3.05) is 0 Å².